The molecule has 0 radical (unpaired) electrons. The second-order valence-electron chi connectivity index (χ2n) is 6.96. The maximum absolute atomic E-state index is 13.1. The van der Waals surface area contributed by atoms with Crippen LogP contribution < -0.4 is 4.72 Å². The minimum absolute atomic E-state index is 0.213. The summed E-state index contributed by atoms with van der Waals surface area (Å²) in [5.41, 5.74) is -1.03. The smallest absolute Gasteiger partial charge is 0.241 e. The van der Waals surface area contributed by atoms with Gasteiger partial charge in [-0.05, 0) is 48.5 Å². The minimum Gasteiger partial charge on any atom is -0.364 e. The number of nitrogens with one attached hydrogen (secondary N) is 1. The van der Waals surface area contributed by atoms with Crippen LogP contribution in [-0.4, -0.2) is 49.7 Å². The molecule has 1 aromatic heterocycles. The standard InChI is InChI=1S/C18H23BrN4O3S/c1-17(26-3)13-18(9-10-23(17)2,15-11-20-12-16(19)21-15)22-27(24,25)14-7-5-4-6-8-14/h4-8,11-12,22H,9-10,13H2,1-3H3. The molecule has 1 aromatic carbocycles. The van der Waals surface area contributed by atoms with E-state index >= 15 is 0 Å². The highest BCUT2D eigenvalue weighted by atomic mass is 79.9. The quantitative estimate of drug-likeness (QED) is 0.746. The van der Waals surface area contributed by atoms with Crippen LogP contribution in [0.25, 0.3) is 0 Å². The van der Waals surface area contributed by atoms with E-state index in [0.717, 1.165) is 0 Å². The molecule has 1 N–H and O–H groups in total. The summed E-state index contributed by atoms with van der Waals surface area (Å²) < 4.78 is 35.5. The zero-order valence-electron chi connectivity index (χ0n) is 15.5. The highest BCUT2D eigenvalue weighted by molar-refractivity contribution is 9.10. The van der Waals surface area contributed by atoms with E-state index in [1.165, 1.54) is 0 Å². The predicted octanol–water partition coefficient (Wildman–Crippen LogP) is 2.50. The van der Waals surface area contributed by atoms with Crippen LogP contribution in [0, 0.1) is 0 Å². The number of methoxy groups -OCH3 is 1. The van der Waals surface area contributed by atoms with E-state index in [1.807, 2.05) is 14.0 Å². The molecule has 2 unspecified atom stereocenters. The Bertz CT molecular complexity index is 912. The van der Waals surface area contributed by atoms with Crippen LogP contribution in [0.15, 0.2) is 52.2 Å². The number of ether oxygens (including phenoxy) is 1. The molecule has 0 saturated carbocycles. The Kier molecular flexibility index (Phi) is 5.69. The number of likely N-dealkylation sites (tertiary alicyclic amines) is 1. The van der Waals surface area contributed by atoms with Crippen molar-refractivity contribution in [2.45, 2.75) is 35.9 Å². The highest BCUT2D eigenvalue weighted by Gasteiger charge is 2.49. The van der Waals surface area contributed by atoms with E-state index < -0.39 is 21.3 Å². The first kappa shape index (κ1) is 20.3. The van der Waals surface area contributed by atoms with Gasteiger partial charge in [0.25, 0.3) is 0 Å². The second-order valence-corrected chi connectivity index (χ2v) is 9.45. The van der Waals surface area contributed by atoms with Gasteiger partial charge in [0.15, 0.2) is 0 Å². The maximum atomic E-state index is 13.1. The Balaban J connectivity index is 2.09. The fraction of sp³-hybridized carbons (Fsp3) is 0.444. The van der Waals surface area contributed by atoms with E-state index in [0.29, 0.717) is 29.7 Å². The average Bonchev–Trinajstić information content (AvgIpc) is 2.65. The van der Waals surface area contributed by atoms with Crippen molar-refractivity contribution >= 4 is 26.0 Å². The first-order valence-electron chi connectivity index (χ1n) is 8.54. The van der Waals surface area contributed by atoms with Crippen LogP contribution in [0.2, 0.25) is 0 Å². The minimum atomic E-state index is -3.76. The zero-order chi connectivity index (χ0) is 19.7. The number of nitrogens with zero attached hydrogens (tertiary/aromatic N) is 3. The average molecular weight is 455 g/mol. The summed E-state index contributed by atoms with van der Waals surface area (Å²) in [7, 11) is -0.169. The SMILES string of the molecule is COC1(C)CC(NS(=O)(=O)c2ccccc2)(c2cncc(Br)n2)CCN1C. The molecular formula is C18H23BrN4O3S. The summed E-state index contributed by atoms with van der Waals surface area (Å²) >= 11 is 3.34. The molecule has 0 aliphatic carbocycles. The van der Waals surface area contributed by atoms with E-state index in [4.69, 9.17) is 4.74 Å². The molecule has 7 nitrogen and oxygen atoms in total. The molecule has 1 aliphatic rings. The maximum Gasteiger partial charge on any atom is 0.241 e. The molecule has 2 atom stereocenters. The number of benzene rings is 1. The lowest BCUT2D eigenvalue weighted by Gasteiger charge is -2.50. The van der Waals surface area contributed by atoms with E-state index in [2.05, 4.69) is 35.5 Å². The van der Waals surface area contributed by atoms with Gasteiger partial charge in [0.1, 0.15) is 10.3 Å². The largest absolute Gasteiger partial charge is 0.364 e. The lowest BCUT2D eigenvalue weighted by atomic mass is 9.80. The molecule has 1 aliphatic heterocycles. The summed E-state index contributed by atoms with van der Waals surface area (Å²) in [5, 5.41) is 0. The summed E-state index contributed by atoms with van der Waals surface area (Å²) in [5.74, 6) is 0. The molecule has 0 amide bonds. The van der Waals surface area contributed by atoms with Crippen molar-refractivity contribution in [1.82, 2.24) is 19.6 Å². The van der Waals surface area contributed by atoms with Crippen molar-refractivity contribution in [3.63, 3.8) is 0 Å². The topological polar surface area (TPSA) is 84.4 Å². The van der Waals surface area contributed by atoms with Crippen molar-refractivity contribution in [2.75, 3.05) is 20.7 Å². The van der Waals surface area contributed by atoms with Gasteiger partial charge in [0.2, 0.25) is 10.0 Å². The Labute approximate surface area is 168 Å². The van der Waals surface area contributed by atoms with Gasteiger partial charge >= 0.3 is 0 Å². The van der Waals surface area contributed by atoms with Crippen molar-refractivity contribution in [3.8, 4) is 0 Å². The first-order chi connectivity index (χ1) is 12.7. The monoisotopic (exact) mass is 454 g/mol. The van der Waals surface area contributed by atoms with Gasteiger partial charge in [0, 0.05) is 20.1 Å². The predicted molar refractivity (Wildman–Crippen MR) is 105 cm³/mol. The van der Waals surface area contributed by atoms with Gasteiger partial charge in [-0.1, -0.05) is 18.2 Å². The molecule has 0 spiro atoms. The Hall–Kier alpha value is -1.39. The number of sulfonamides is 1. The van der Waals surface area contributed by atoms with E-state index in [-0.39, 0.29) is 4.90 Å². The van der Waals surface area contributed by atoms with Gasteiger partial charge in [-0.2, -0.15) is 4.72 Å². The molecule has 1 fully saturated rings. The summed E-state index contributed by atoms with van der Waals surface area (Å²) in [6.07, 6.45) is 4.12. The fourth-order valence-electron chi connectivity index (χ4n) is 3.45. The van der Waals surface area contributed by atoms with E-state index in [9.17, 15) is 8.42 Å². The van der Waals surface area contributed by atoms with Crippen LogP contribution in [0.5, 0.6) is 0 Å². The normalized spacial score (nSPS) is 26.8. The number of halogens is 1. The second kappa shape index (κ2) is 7.56. The number of hydrogen-bond donors (Lipinski definition) is 1. The molecule has 146 valence electrons. The molecule has 9 heteroatoms. The van der Waals surface area contributed by atoms with Gasteiger partial charge in [-0.25, -0.2) is 13.4 Å². The summed E-state index contributed by atoms with van der Waals surface area (Å²) in [4.78, 5) is 11.0. The molecule has 0 bridgehead atoms. The number of piperidine rings is 1. The summed E-state index contributed by atoms with van der Waals surface area (Å²) in [6.45, 7) is 2.58. The van der Waals surface area contributed by atoms with Crippen molar-refractivity contribution in [2.24, 2.45) is 0 Å². The molecule has 2 heterocycles. The number of aromatic nitrogens is 2. The Morgan fingerprint density at radius 1 is 1.26 bits per heavy atom. The Morgan fingerprint density at radius 3 is 2.59 bits per heavy atom. The lowest BCUT2D eigenvalue weighted by molar-refractivity contribution is -0.153. The third-order valence-electron chi connectivity index (χ3n) is 5.23. The molecule has 3 rings (SSSR count). The first-order valence-corrected chi connectivity index (χ1v) is 10.8. The van der Waals surface area contributed by atoms with Crippen LogP contribution in [0.1, 0.15) is 25.5 Å². The molecular weight excluding hydrogens is 432 g/mol. The molecule has 2 aromatic rings. The highest BCUT2D eigenvalue weighted by Crippen LogP contribution is 2.41. The van der Waals surface area contributed by atoms with Gasteiger partial charge in [-0.15, -0.1) is 0 Å². The van der Waals surface area contributed by atoms with Crippen molar-refractivity contribution < 1.29 is 13.2 Å². The number of rotatable bonds is 5. The van der Waals surface area contributed by atoms with Crippen LogP contribution in [0.4, 0.5) is 0 Å². The van der Waals surface area contributed by atoms with Crippen LogP contribution in [-0.2, 0) is 20.3 Å². The van der Waals surface area contributed by atoms with E-state index in [1.54, 1.807) is 49.8 Å². The van der Waals surface area contributed by atoms with Crippen molar-refractivity contribution in [1.29, 1.82) is 0 Å². The van der Waals surface area contributed by atoms with Gasteiger partial charge < -0.3 is 4.74 Å². The summed E-state index contributed by atoms with van der Waals surface area (Å²) in [6, 6.07) is 8.34. The van der Waals surface area contributed by atoms with Crippen LogP contribution >= 0.6 is 15.9 Å². The number of hydrogen-bond acceptors (Lipinski definition) is 6. The van der Waals surface area contributed by atoms with Crippen LogP contribution in [0.3, 0.4) is 0 Å². The lowest BCUT2D eigenvalue weighted by Crippen LogP contribution is -2.61. The third kappa shape index (κ3) is 4.07. The molecule has 1 saturated heterocycles. The van der Waals surface area contributed by atoms with Crippen molar-refractivity contribution in [3.05, 3.63) is 53.0 Å². The third-order valence-corrected chi connectivity index (χ3v) is 7.16. The van der Waals surface area contributed by atoms with Gasteiger partial charge in [-0.3, -0.25) is 9.88 Å². The molecule has 27 heavy (non-hydrogen) atoms. The Morgan fingerprint density at radius 2 is 1.96 bits per heavy atom. The van der Waals surface area contributed by atoms with Gasteiger partial charge in [0.05, 0.1) is 28.5 Å². The zero-order valence-corrected chi connectivity index (χ0v) is 17.9. The fourth-order valence-corrected chi connectivity index (χ4v) is 5.19.